The summed E-state index contributed by atoms with van der Waals surface area (Å²) in [6.45, 7) is 2.70. The lowest BCUT2D eigenvalue weighted by Gasteiger charge is -2.18. The van der Waals surface area contributed by atoms with Crippen molar-refractivity contribution in [2.45, 2.75) is 31.1 Å². The first-order valence-electron chi connectivity index (χ1n) is 10.8. The van der Waals surface area contributed by atoms with Crippen LogP contribution >= 0.6 is 11.6 Å². The molecule has 1 saturated heterocycles. The van der Waals surface area contributed by atoms with Crippen molar-refractivity contribution in [1.29, 1.82) is 0 Å². The lowest BCUT2D eigenvalue weighted by atomic mass is 10.0. The van der Waals surface area contributed by atoms with E-state index in [1.165, 1.54) is 30.6 Å². The van der Waals surface area contributed by atoms with Gasteiger partial charge in [0.2, 0.25) is 0 Å². The summed E-state index contributed by atoms with van der Waals surface area (Å²) >= 11 is 4.79. The summed E-state index contributed by atoms with van der Waals surface area (Å²) in [5.41, 5.74) is -0.0473. The van der Waals surface area contributed by atoms with Crippen molar-refractivity contribution in [1.82, 2.24) is 19.5 Å². The Morgan fingerprint density at radius 3 is 2.63 bits per heavy atom. The molecule has 35 heavy (non-hydrogen) atoms. The number of halogens is 3. The number of nitrogens with one attached hydrogen (secondary N) is 1. The second-order valence-corrected chi connectivity index (χ2v) is 8.57. The molecule has 1 N–H and O–H groups in total. The predicted octanol–water partition coefficient (Wildman–Crippen LogP) is 5.26. The topological polar surface area (TPSA) is 91.2 Å². The van der Waals surface area contributed by atoms with Gasteiger partial charge in [-0.05, 0) is 49.7 Å². The van der Waals surface area contributed by atoms with E-state index in [0.717, 1.165) is 23.1 Å². The zero-order valence-corrected chi connectivity index (χ0v) is 19.2. The summed E-state index contributed by atoms with van der Waals surface area (Å²) in [7, 11) is 0. The van der Waals surface area contributed by atoms with E-state index in [4.69, 9.17) is 16.3 Å². The molecule has 11 heteroatoms. The normalized spacial score (nSPS) is 18.1. The molecule has 1 unspecified atom stereocenters. The van der Waals surface area contributed by atoms with Crippen LogP contribution in [0.5, 0.6) is 5.75 Å². The van der Waals surface area contributed by atoms with E-state index in [1.807, 2.05) is 6.92 Å². The molecular weight excluding hydrogens is 480 g/mol. The molecule has 5 rings (SSSR count). The van der Waals surface area contributed by atoms with Crippen molar-refractivity contribution in [2.75, 3.05) is 11.9 Å². The Hall–Kier alpha value is -3.63. The van der Waals surface area contributed by atoms with Crippen molar-refractivity contribution in [3.05, 3.63) is 67.0 Å². The molecule has 2 atom stereocenters. The number of benzene rings is 2. The van der Waals surface area contributed by atoms with Gasteiger partial charge >= 0.3 is 5.57 Å². The minimum absolute atomic E-state index is 0.0287. The minimum atomic E-state index is -3.82. The molecule has 2 aromatic heterocycles. The molecule has 180 valence electrons. The highest BCUT2D eigenvalue weighted by Crippen LogP contribution is 2.35. The second kappa shape index (κ2) is 9.20. The zero-order valence-electron chi connectivity index (χ0n) is 18.5. The third-order valence-corrected chi connectivity index (χ3v) is 5.92. The largest absolute Gasteiger partial charge is 0.487 e. The van der Waals surface area contributed by atoms with E-state index in [1.54, 1.807) is 30.9 Å². The molecule has 0 bridgehead atoms. The number of hydrogen-bond acceptors (Lipinski definition) is 6. The molecule has 0 radical (unpaired) electrons. The van der Waals surface area contributed by atoms with E-state index in [0.29, 0.717) is 23.4 Å². The summed E-state index contributed by atoms with van der Waals surface area (Å²) in [4.78, 5) is 25.9. The Labute approximate surface area is 203 Å². The lowest BCUT2D eigenvalue weighted by Crippen LogP contribution is -2.17. The van der Waals surface area contributed by atoms with Crippen LogP contribution in [-0.2, 0) is 4.74 Å². The Morgan fingerprint density at radius 1 is 1.23 bits per heavy atom. The van der Waals surface area contributed by atoms with Crippen molar-refractivity contribution in [3.8, 4) is 16.9 Å². The van der Waals surface area contributed by atoms with Crippen LogP contribution in [0.25, 0.3) is 22.2 Å². The summed E-state index contributed by atoms with van der Waals surface area (Å²) < 4.78 is 37.8. The quantitative estimate of drug-likeness (QED) is 0.364. The number of imidazole rings is 1. The number of alkyl halides is 3. The van der Waals surface area contributed by atoms with E-state index in [2.05, 4.69) is 29.6 Å². The number of nitrogens with zero attached hydrogens (tertiary/aromatic N) is 4. The van der Waals surface area contributed by atoms with Crippen LogP contribution in [0.15, 0.2) is 61.4 Å². The molecule has 1 fully saturated rings. The first-order chi connectivity index (χ1) is 16.8. The summed E-state index contributed by atoms with van der Waals surface area (Å²) in [5.74, 6) is -0.528. The summed E-state index contributed by atoms with van der Waals surface area (Å²) in [6.07, 6.45) is 7.45. The number of ether oxygens (including phenoxy) is 2. The zero-order chi connectivity index (χ0) is 24.6. The van der Waals surface area contributed by atoms with Crippen molar-refractivity contribution < 1.29 is 23.0 Å². The number of rotatable bonds is 6. The molecule has 4 aromatic rings. The third-order valence-electron chi connectivity index (χ3n) is 5.84. The fourth-order valence-electron chi connectivity index (χ4n) is 4.24. The van der Waals surface area contributed by atoms with E-state index in [9.17, 15) is 13.6 Å². The van der Waals surface area contributed by atoms with Gasteiger partial charge < -0.3 is 19.4 Å². The number of carbonyl (C=O) groups excluding carboxylic acids is 1. The summed E-state index contributed by atoms with van der Waals surface area (Å²) in [5, 5.41) is 2.76. The van der Waals surface area contributed by atoms with Gasteiger partial charge in [0, 0.05) is 53.0 Å². The average molecular weight is 500 g/mol. The van der Waals surface area contributed by atoms with Crippen LogP contribution in [-0.4, -0.2) is 43.7 Å². The van der Waals surface area contributed by atoms with Gasteiger partial charge in [-0.2, -0.15) is 0 Å². The Kier molecular flexibility index (Phi) is 6.08. The molecule has 2 aromatic carbocycles. The van der Waals surface area contributed by atoms with E-state index >= 15 is 0 Å². The van der Waals surface area contributed by atoms with Gasteiger partial charge in [-0.1, -0.05) is 0 Å². The molecule has 8 nitrogen and oxygen atoms in total. The highest BCUT2D eigenvalue weighted by molar-refractivity contribution is 6.20. The highest BCUT2D eigenvalue weighted by Gasteiger charge is 2.29. The molecule has 1 amide bonds. The molecule has 0 spiro atoms. The van der Waals surface area contributed by atoms with Gasteiger partial charge in [0.25, 0.3) is 5.91 Å². The molecule has 1 aliphatic heterocycles. The van der Waals surface area contributed by atoms with Crippen LogP contribution in [0.2, 0.25) is 0 Å². The maximum atomic E-state index is 13.1. The van der Waals surface area contributed by atoms with Crippen LogP contribution in [0.3, 0.4) is 0 Å². The lowest BCUT2D eigenvalue weighted by molar-refractivity contribution is -0.0964. The number of amides is 1. The van der Waals surface area contributed by atoms with Gasteiger partial charge in [-0.3, -0.25) is 4.79 Å². The molecular formula is C24H20ClF2N5O3. The Morgan fingerprint density at radius 2 is 1.97 bits per heavy atom. The van der Waals surface area contributed by atoms with Crippen LogP contribution in [0, 0.1) is 0 Å². The molecule has 0 aliphatic carbocycles. The minimum Gasteiger partial charge on any atom is -0.420 e. The third kappa shape index (κ3) is 4.94. The second-order valence-electron chi connectivity index (χ2n) is 8.13. The smallest absolute Gasteiger partial charge is 0.420 e. The fraction of sp³-hybridized carbons (Fsp3) is 0.250. The fourth-order valence-corrected chi connectivity index (χ4v) is 4.33. The van der Waals surface area contributed by atoms with Crippen molar-refractivity contribution in [2.24, 2.45) is 0 Å². The summed E-state index contributed by atoms with van der Waals surface area (Å²) in [6, 6.07) is 9.04. The Bertz CT molecular complexity index is 1360. The number of fused-ring (bicyclic) bond motifs is 1. The average Bonchev–Trinajstić information content (AvgIpc) is 3.45. The number of anilines is 1. The molecule has 1 aliphatic rings. The van der Waals surface area contributed by atoms with E-state index < -0.39 is 11.5 Å². The Balaban J connectivity index is 1.50. The molecule has 0 saturated carbocycles. The van der Waals surface area contributed by atoms with Crippen molar-refractivity contribution in [3.63, 3.8) is 0 Å². The maximum Gasteiger partial charge on any atom is 0.487 e. The number of aromatic nitrogens is 4. The van der Waals surface area contributed by atoms with Crippen molar-refractivity contribution >= 4 is 34.2 Å². The van der Waals surface area contributed by atoms with Gasteiger partial charge in [-0.25, -0.2) is 15.0 Å². The maximum absolute atomic E-state index is 13.1. The van der Waals surface area contributed by atoms with Gasteiger partial charge in [-0.15, -0.1) is 8.78 Å². The SMILES string of the molecule is C[C@H]1OCCC1n1cnc2cc(C(=O)Nc3ccc(OC(F)(F)Cl)cc3)cc(-c3cncnc3)c21. The monoisotopic (exact) mass is 499 g/mol. The predicted molar refractivity (Wildman–Crippen MR) is 126 cm³/mol. The first kappa shape index (κ1) is 23.1. The van der Waals surface area contributed by atoms with Crippen LogP contribution in [0.4, 0.5) is 14.5 Å². The van der Waals surface area contributed by atoms with Gasteiger partial charge in [0.15, 0.2) is 0 Å². The van der Waals surface area contributed by atoms with Crippen LogP contribution < -0.4 is 10.1 Å². The van der Waals surface area contributed by atoms with Gasteiger partial charge in [0.1, 0.15) is 12.1 Å². The number of carbonyl (C=O) groups is 1. The molecule has 3 heterocycles. The van der Waals surface area contributed by atoms with Crippen LogP contribution in [0.1, 0.15) is 29.7 Å². The first-order valence-corrected chi connectivity index (χ1v) is 11.2. The number of hydrogen-bond donors (Lipinski definition) is 1. The highest BCUT2D eigenvalue weighted by atomic mass is 35.5. The van der Waals surface area contributed by atoms with Gasteiger partial charge in [0.05, 0.1) is 29.5 Å². The van der Waals surface area contributed by atoms with E-state index in [-0.39, 0.29) is 17.9 Å². The standard InChI is InChI=1S/C24H20ClF2N5O3/c1-14-21(6-7-34-14)32-13-30-20-9-15(8-19(22(20)32)16-10-28-12-29-11-16)23(33)31-17-2-4-18(5-3-17)35-24(25,26)27/h2-5,8-14,21H,6-7H2,1H3,(H,31,33)/t14-,21?/m1/s1.